The number of carbonyl (C=O) groups is 1. The van der Waals surface area contributed by atoms with Crippen LogP contribution >= 0.6 is 11.6 Å². The van der Waals surface area contributed by atoms with Crippen LogP contribution in [-0.2, 0) is 13.0 Å². The van der Waals surface area contributed by atoms with Gasteiger partial charge >= 0.3 is 0 Å². The van der Waals surface area contributed by atoms with E-state index in [0.717, 1.165) is 47.2 Å². The zero-order valence-corrected chi connectivity index (χ0v) is 21.9. The van der Waals surface area contributed by atoms with E-state index in [9.17, 15) is 4.79 Å². The summed E-state index contributed by atoms with van der Waals surface area (Å²) < 4.78 is 7.92. The molecule has 34 heavy (non-hydrogen) atoms. The van der Waals surface area contributed by atoms with Gasteiger partial charge in [-0.05, 0) is 94.9 Å². The smallest absolute Gasteiger partial charge is 0.161 e. The van der Waals surface area contributed by atoms with Gasteiger partial charge in [0, 0.05) is 28.7 Å². The van der Waals surface area contributed by atoms with Gasteiger partial charge < -0.3 is 14.2 Å². The maximum absolute atomic E-state index is 11.6. The standard InChI is InChI=1S/C15H22ClNO.C14H17NO/c1-2-17-10-7-13(8-11-17)9-12-18-15-5-3-14(16)4-6-15;1-4-11-7-6-8-12-13(10(3)16)9-15(5-2)14(11)12/h3-6,13H,2,7-12H2,1H3;6-9H,4-5H2,1-3H3. The van der Waals surface area contributed by atoms with E-state index in [1.165, 1.54) is 50.0 Å². The Morgan fingerprint density at radius 1 is 1.03 bits per heavy atom. The van der Waals surface area contributed by atoms with Crippen LogP contribution in [0.5, 0.6) is 5.75 Å². The molecule has 0 spiro atoms. The Hall–Kier alpha value is -2.30. The fraction of sp³-hybridized carbons (Fsp3) is 0.483. The first-order valence-corrected chi connectivity index (χ1v) is 13.1. The monoisotopic (exact) mass is 482 g/mol. The average molecular weight is 483 g/mol. The van der Waals surface area contributed by atoms with E-state index in [0.29, 0.717) is 0 Å². The number of benzene rings is 2. The number of aromatic nitrogens is 1. The van der Waals surface area contributed by atoms with E-state index in [1.807, 2.05) is 42.6 Å². The highest BCUT2D eigenvalue weighted by Crippen LogP contribution is 2.26. The third-order valence-corrected chi connectivity index (χ3v) is 7.10. The summed E-state index contributed by atoms with van der Waals surface area (Å²) >= 11 is 5.83. The largest absolute Gasteiger partial charge is 0.494 e. The fourth-order valence-corrected chi connectivity index (χ4v) is 4.84. The molecular weight excluding hydrogens is 444 g/mol. The molecule has 0 saturated carbocycles. The second kappa shape index (κ2) is 13.0. The van der Waals surface area contributed by atoms with Crippen LogP contribution in [0.25, 0.3) is 10.9 Å². The molecule has 1 saturated heterocycles. The van der Waals surface area contributed by atoms with E-state index in [2.05, 4.69) is 36.3 Å². The van der Waals surface area contributed by atoms with Gasteiger partial charge in [0.15, 0.2) is 5.78 Å². The van der Waals surface area contributed by atoms with Crippen LogP contribution in [0.2, 0.25) is 5.02 Å². The summed E-state index contributed by atoms with van der Waals surface area (Å²) in [6.45, 7) is 13.5. The topological polar surface area (TPSA) is 34.5 Å². The first kappa shape index (κ1) is 26.3. The summed E-state index contributed by atoms with van der Waals surface area (Å²) in [5, 5.41) is 1.85. The van der Waals surface area contributed by atoms with E-state index in [1.54, 1.807) is 6.92 Å². The summed E-state index contributed by atoms with van der Waals surface area (Å²) in [4.78, 5) is 14.1. The number of hydrogen-bond donors (Lipinski definition) is 0. The van der Waals surface area contributed by atoms with E-state index in [-0.39, 0.29) is 5.78 Å². The number of nitrogens with zero attached hydrogens (tertiary/aromatic N) is 2. The molecular formula is C29H39ClN2O2. The van der Waals surface area contributed by atoms with Crippen molar-refractivity contribution in [1.29, 1.82) is 0 Å². The first-order valence-electron chi connectivity index (χ1n) is 12.7. The van der Waals surface area contributed by atoms with E-state index >= 15 is 0 Å². The molecule has 3 aromatic rings. The maximum atomic E-state index is 11.6. The third kappa shape index (κ3) is 6.86. The third-order valence-electron chi connectivity index (χ3n) is 6.85. The van der Waals surface area contributed by atoms with Crippen LogP contribution in [0.4, 0.5) is 0 Å². The molecule has 4 rings (SSSR count). The van der Waals surface area contributed by atoms with Crippen LogP contribution in [0.15, 0.2) is 48.7 Å². The van der Waals surface area contributed by atoms with E-state index in [4.69, 9.17) is 16.3 Å². The number of rotatable bonds is 8. The Morgan fingerprint density at radius 2 is 1.74 bits per heavy atom. The van der Waals surface area contributed by atoms with Crippen LogP contribution in [0.3, 0.4) is 0 Å². The highest BCUT2D eigenvalue weighted by atomic mass is 35.5. The lowest BCUT2D eigenvalue weighted by Gasteiger charge is -2.30. The highest BCUT2D eigenvalue weighted by Gasteiger charge is 2.17. The Bertz CT molecular complexity index is 1050. The van der Waals surface area contributed by atoms with Gasteiger partial charge in [0.25, 0.3) is 0 Å². The number of likely N-dealkylation sites (tertiary alicyclic amines) is 1. The molecule has 2 aromatic carbocycles. The normalized spacial score (nSPS) is 14.6. The predicted octanol–water partition coefficient (Wildman–Crippen LogP) is 7.27. The van der Waals surface area contributed by atoms with Crippen molar-refractivity contribution < 1.29 is 9.53 Å². The van der Waals surface area contributed by atoms with Crippen molar-refractivity contribution >= 4 is 28.3 Å². The van der Waals surface area contributed by atoms with Gasteiger partial charge in [-0.1, -0.05) is 43.6 Å². The number of aryl methyl sites for hydroxylation is 2. The second-order valence-corrected chi connectivity index (χ2v) is 9.46. The van der Waals surface area contributed by atoms with Crippen molar-refractivity contribution in [2.24, 2.45) is 5.92 Å². The van der Waals surface area contributed by atoms with Crippen LogP contribution in [0.1, 0.15) is 62.9 Å². The summed E-state index contributed by atoms with van der Waals surface area (Å²) in [5.74, 6) is 1.90. The molecule has 2 heterocycles. The first-order chi connectivity index (χ1) is 16.5. The number of fused-ring (bicyclic) bond motifs is 1. The maximum Gasteiger partial charge on any atom is 0.161 e. The van der Waals surface area contributed by atoms with Gasteiger partial charge in [0.2, 0.25) is 0 Å². The summed E-state index contributed by atoms with van der Waals surface area (Å²) in [7, 11) is 0. The van der Waals surface area contributed by atoms with Gasteiger partial charge in [-0.3, -0.25) is 4.79 Å². The fourth-order valence-electron chi connectivity index (χ4n) is 4.72. The average Bonchev–Trinajstić information content (AvgIpc) is 3.25. The van der Waals surface area contributed by atoms with E-state index < -0.39 is 0 Å². The zero-order valence-electron chi connectivity index (χ0n) is 21.1. The molecule has 4 nitrogen and oxygen atoms in total. The number of ether oxygens (including phenoxy) is 1. The molecule has 0 radical (unpaired) electrons. The molecule has 184 valence electrons. The predicted molar refractivity (Wildman–Crippen MR) is 143 cm³/mol. The minimum atomic E-state index is 0.144. The van der Waals surface area contributed by atoms with Crippen molar-refractivity contribution in [3.8, 4) is 5.75 Å². The van der Waals surface area contributed by atoms with Gasteiger partial charge in [-0.15, -0.1) is 0 Å². The number of hydrogen-bond acceptors (Lipinski definition) is 3. The van der Waals surface area contributed by atoms with Crippen molar-refractivity contribution in [1.82, 2.24) is 9.47 Å². The molecule has 1 aromatic heterocycles. The van der Waals surface area contributed by atoms with Crippen molar-refractivity contribution in [3.05, 3.63) is 64.8 Å². The highest BCUT2D eigenvalue weighted by molar-refractivity contribution is 6.30. The van der Waals surface area contributed by atoms with Crippen LogP contribution in [0, 0.1) is 5.92 Å². The minimum Gasteiger partial charge on any atom is -0.494 e. The molecule has 1 aliphatic heterocycles. The number of Topliss-reactive ketones (excluding diaryl/α,β-unsaturated/α-hetero) is 1. The Labute approximate surface area is 209 Å². The van der Waals surface area contributed by atoms with Gasteiger partial charge in [0.1, 0.15) is 5.75 Å². The van der Waals surface area contributed by atoms with Crippen molar-refractivity contribution in [3.63, 3.8) is 0 Å². The molecule has 5 heteroatoms. The molecule has 0 atom stereocenters. The Morgan fingerprint density at radius 3 is 2.32 bits per heavy atom. The second-order valence-electron chi connectivity index (χ2n) is 9.02. The molecule has 0 aliphatic carbocycles. The molecule has 1 aliphatic rings. The van der Waals surface area contributed by atoms with Crippen molar-refractivity contribution in [2.75, 3.05) is 26.2 Å². The van der Waals surface area contributed by atoms with Gasteiger partial charge in [-0.25, -0.2) is 0 Å². The number of carbonyl (C=O) groups excluding carboxylic acids is 1. The van der Waals surface area contributed by atoms with Crippen LogP contribution in [-0.4, -0.2) is 41.5 Å². The number of piperidine rings is 1. The van der Waals surface area contributed by atoms with Crippen molar-refractivity contribution in [2.45, 2.75) is 59.9 Å². The number of para-hydroxylation sites is 1. The Kier molecular flexibility index (Phi) is 10.0. The molecule has 0 bridgehead atoms. The summed E-state index contributed by atoms with van der Waals surface area (Å²) in [5.41, 5.74) is 3.37. The van der Waals surface area contributed by atoms with Gasteiger partial charge in [-0.2, -0.15) is 0 Å². The summed E-state index contributed by atoms with van der Waals surface area (Å²) in [6, 6.07) is 13.8. The van der Waals surface area contributed by atoms with Gasteiger partial charge in [0.05, 0.1) is 12.1 Å². The Balaban J connectivity index is 0.000000192. The number of ketones is 1. The molecule has 1 fully saturated rings. The zero-order chi connectivity index (χ0) is 24.5. The minimum absolute atomic E-state index is 0.144. The molecule has 0 N–H and O–H groups in total. The lowest BCUT2D eigenvalue weighted by atomic mass is 9.94. The quantitative estimate of drug-likeness (QED) is 0.316. The summed E-state index contributed by atoms with van der Waals surface area (Å²) in [6.07, 6.45) is 6.78. The van der Waals surface area contributed by atoms with Crippen LogP contribution < -0.4 is 4.74 Å². The molecule has 0 amide bonds. The lowest BCUT2D eigenvalue weighted by Crippen LogP contribution is -2.33. The lowest BCUT2D eigenvalue weighted by molar-refractivity contribution is 0.101. The number of halogens is 1. The SMILES string of the molecule is CCN1CCC(CCOc2ccc(Cl)cc2)CC1.CCc1cccc2c(C(C)=O)cn(CC)c12. The molecule has 0 unspecified atom stereocenters.